The second-order valence-electron chi connectivity index (χ2n) is 4.92. The molecule has 0 spiro atoms. The molecule has 2 atom stereocenters. The molecule has 4 nitrogen and oxygen atoms in total. The number of hydrogen-bond donors (Lipinski definition) is 2. The molecule has 0 bridgehead atoms. The van der Waals surface area contributed by atoms with E-state index in [1.807, 2.05) is 7.05 Å². The highest BCUT2D eigenvalue weighted by Crippen LogP contribution is 2.30. The van der Waals surface area contributed by atoms with E-state index in [2.05, 4.69) is 43.5 Å². The molecule has 1 heterocycles. The lowest BCUT2D eigenvalue weighted by molar-refractivity contribution is 0.327. The second kappa shape index (κ2) is 6.36. The number of anilines is 2. The van der Waals surface area contributed by atoms with Crippen LogP contribution in [0.1, 0.15) is 39.0 Å². The average Bonchev–Trinajstić information content (AvgIpc) is 2.41. The van der Waals surface area contributed by atoms with Crippen molar-refractivity contribution in [3.63, 3.8) is 0 Å². The standard InChI is InChI=1S/C13H21BrN4/c1-3-9-5-4-6-10(7-9)17-12-11(14)8-16-13(15-2)18-12/h8-10H,3-7H2,1-2H3,(H2,15,16,17,18). The minimum atomic E-state index is 0.541. The summed E-state index contributed by atoms with van der Waals surface area (Å²) in [6.45, 7) is 2.28. The van der Waals surface area contributed by atoms with Crippen molar-refractivity contribution in [2.45, 2.75) is 45.1 Å². The fraction of sp³-hybridized carbons (Fsp3) is 0.692. The molecule has 0 aliphatic heterocycles. The number of rotatable bonds is 4. The Morgan fingerprint density at radius 2 is 2.28 bits per heavy atom. The van der Waals surface area contributed by atoms with Gasteiger partial charge in [0.05, 0.1) is 4.47 Å². The van der Waals surface area contributed by atoms with E-state index in [1.165, 1.54) is 32.1 Å². The zero-order chi connectivity index (χ0) is 13.0. The molecule has 2 N–H and O–H groups in total. The van der Waals surface area contributed by atoms with Crippen LogP contribution in [0.5, 0.6) is 0 Å². The molecule has 2 rings (SSSR count). The van der Waals surface area contributed by atoms with Gasteiger partial charge in [-0.3, -0.25) is 0 Å². The van der Waals surface area contributed by atoms with Crippen molar-refractivity contribution < 1.29 is 0 Å². The number of hydrogen-bond acceptors (Lipinski definition) is 4. The Bertz CT molecular complexity index is 397. The van der Waals surface area contributed by atoms with E-state index in [1.54, 1.807) is 6.20 Å². The lowest BCUT2D eigenvalue weighted by atomic mass is 9.84. The van der Waals surface area contributed by atoms with Crippen LogP contribution in [0, 0.1) is 5.92 Å². The first kappa shape index (κ1) is 13.6. The summed E-state index contributed by atoms with van der Waals surface area (Å²) in [5.41, 5.74) is 0. The molecule has 1 aliphatic carbocycles. The molecule has 100 valence electrons. The molecule has 0 aromatic carbocycles. The minimum absolute atomic E-state index is 0.541. The van der Waals surface area contributed by atoms with Gasteiger partial charge in [0.1, 0.15) is 5.82 Å². The second-order valence-corrected chi connectivity index (χ2v) is 5.78. The average molecular weight is 313 g/mol. The third-order valence-corrected chi connectivity index (χ3v) is 4.25. The lowest BCUT2D eigenvalue weighted by Crippen LogP contribution is -2.27. The Hall–Kier alpha value is -0.840. The smallest absolute Gasteiger partial charge is 0.224 e. The van der Waals surface area contributed by atoms with E-state index in [0.29, 0.717) is 12.0 Å². The summed E-state index contributed by atoms with van der Waals surface area (Å²) >= 11 is 3.50. The van der Waals surface area contributed by atoms with Crippen molar-refractivity contribution in [2.75, 3.05) is 17.7 Å². The number of nitrogens with zero attached hydrogens (tertiary/aromatic N) is 2. The zero-order valence-electron chi connectivity index (χ0n) is 11.0. The molecule has 1 aromatic rings. The van der Waals surface area contributed by atoms with Crippen LogP contribution in [0.2, 0.25) is 0 Å². The maximum absolute atomic E-state index is 4.46. The van der Waals surface area contributed by atoms with Crippen molar-refractivity contribution in [3.8, 4) is 0 Å². The van der Waals surface area contributed by atoms with Gasteiger partial charge >= 0.3 is 0 Å². The van der Waals surface area contributed by atoms with Gasteiger partial charge in [0, 0.05) is 19.3 Å². The van der Waals surface area contributed by atoms with Gasteiger partial charge in [-0.15, -0.1) is 0 Å². The third-order valence-electron chi connectivity index (χ3n) is 3.67. The van der Waals surface area contributed by atoms with Crippen LogP contribution in [0.4, 0.5) is 11.8 Å². The normalized spacial score (nSPS) is 23.7. The van der Waals surface area contributed by atoms with Gasteiger partial charge < -0.3 is 10.6 Å². The first-order valence-corrected chi connectivity index (χ1v) is 7.49. The fourth-order valence-corrected chi connectivity index (χ4v) is 2.88. The van der Waals surface area contributed by atoms with Crippen LogP contribution in [0.3, 0.4) is 0 Å². The number of nitrogens with one attached hydrogen (secondary N) is 2. The van der Waals surface area contributed by atoms with Gasteiger partial charge in [-0.2, -0.15) is 4.98 Å². The molecule has 0 saturated heterocycles. The number of aromatic nitrogens is 2. The summed E-state index contributed by atoms with van der Waals surface area (Å²) in [5.74, 6) is 2.42. The molecule has 1 aromatic heterocycles. The third kappa shape index (κ3) is 3.34. The van der Waals surface area contributed by atoms with Crippen molar-refractivity contribution in [2.24, 2.45) is 5.92 Å². The van der Waals surface area contributed by atoms with E-state index in [-0.39, 0.29) is 0 Å². The van der Waals surface area contributed by atoms with Gasteiger partial charge in [0.2, 0.25) is 5.95 Å². The van der Waals surface area contributed by atoms with Gasteiger partial charge in [0.15, 0.2) is 0 Å². The van der Waals surface area contributed by atoms with Gasteiger partial charge in [-0.1, -0.05) is 26.2 Å². The highest BCUT2D eigenvalue weighted by molar-refractivity contribution is 9.10. The Morgan fingerprint density at radius 1 is 1.44 bits per heavy atom. The molecule has 1 saturated carbocycles. The van der Waals surface area contributed by atoms with Crippen LogP contribution >= 0.6 is 15.9 Å². The van der Waals surface area contributed by atoms with Gasteiger partial charge in [-0.05, 0) is 34.7 Å². The minimum Gasteiger partial charge on any atom is -0.366 e. The predicted molar refractivity (Wildman–Crippen MR) is 78.9 cm³/mol. The maximum Gasteiger partial charge on any atom is 0.224 e. The van der Waals surface area contributed by atoms with Crippen LogP contribution < -0.4 is 10.6 Å². The van der Waals surface area contributed by atoms with Crippen molar-refractivity contribution in [3.05, 3.63) is 10.7 Å². The van der Waals surface area contributed by atoms with Gasteiger partial charge in [0.25, 0.3) is 0 Å². The summed E-state index contributed by atoms with van der Waals surface area (Å²) in [7, 11) is 1.83. The Kier molecular flexibility index (Phi) is 4.80. The lowest BCUT2D eigenvalue weighted by Gasteiger charge is -2.29. The molecular weight excluding hydrogens is 292 g/mol. The van der Waals surface area contributed by atoms with E-state index in [0.717, 1.165) is 16.2 Å². The topological polar surface area (TPSA) is 49.8 Å². The van der Waals surface area contributed by atoms with E-state index < -0.39 is 0 Å². The predicted octanol–water partition coefficient (Wildman–Crippen LogP) is 3.66. The monoisotopic (exact) mass is 312 g/mol. The molecule has 1 fully saturated rings. The van der Waals surface area contributed by atoms with Crippen LogP contribution in [-0.2, 0) is 0 Å². The van der Waals surface area contributed by atoms with Gasteiger partial charge in [-0.25, -0.2) is 4.98 Å². The Morgan fingerprint density at radius 3 is 3.00 bits per heavy atom. The molecule has 1 aliphatic rings. The summed E-state index contributed by atoms with van der Waals surface area (Å²) in [6.07, 6.45) is 8.26. The van der Waals surface area contributed by atoms with E-state index in [4.69, 9.17) is 0 Å². The van der Waals surface area contributed by atoms with Crippen molar-refractivity contribution in [1.29, 1.82) is 0 Å². The summed E-state index contributed by atoms with van der Waals surface area (Å²) in [6, 6.07) is 0.541. The molecule has 5 heteroatoms. The quantitative estimate of drug-likeness (QED) is 0.890. The molecule has 0 radical (unpaired) electrons. The molecule has 18 heavy (non-hydrogen) atoms. The first-order chi connectivity index (χ1) is 8.72. The Balaban J connectivity index is 2.04. The Labute approximate surface area is 117 Å². The molecular formula is C13H21BrN4. The van der Waals surface area contributed by atoms with Crippen LogP contribution in [-0.4, -0.2) is 23.1 Å². The molecule has 0 amide bonds. The van der Waals surface area contributed by atoms with E-state index >= 15 is 0 Å². The zero-order valence-corrected chi connectivity index (χ0v) is 12.6. The van der Waals surface area contributed by atoms with Crippen molar-refractivity contribution in [1.82, 2.24) is 9.97 Å². The highest BCUT2D eigenvalue weighted by Gasteiger charge is 2.21. The highest BCUT2D eigenvalue weighted by atomic mass is 79.9. The van der Waals surface area contributed by atoms with Crippen LogP contribution in [0.15, 0.2) is 10.7 Å². The fourth-order valence-electron chi connectivity index (χ4n) is 2.58. The van der Waals surface area contributed by atoms with Crippen LogP contribution in [0.25, 0.3) is 0 Å². The summed E-state index contributed by atoms with van der Waals surface area (Å²) in [4.78, 5) is 8.63. The SMILES string of the molecule is CCC1CCCC(Nc2nc(NC)ncc2Br)C1. The number of halogens is 1. The maximum atomic E-state index is 4.46. The molecule has 2 unspecified atom stereocenters. The summed E-state index contributed by atoms with van der Waals surface area (Å²) in [5, 5.41) is 6.52. The summed E-state index contributed by atoms with van der Waals surface area (Å²) < 4.78 is 0.931. The van der Waals surface area contributed by atoms with Crippen molar-refractivity contribution >= 4 is 27.7 Å². The first-order valence-electron chi connectivity index (χ1n) is 6.69. The largest absolute Gasteiger partial charge is 0.366 e. The van der Waals surface area contributed by atoms with E-state index in [9.17, 15) is 0 Å².